The van der Waals surface area contributed by atoms with Crippen molar-refractivity contribution >= 4 is 17.7 Å². The fourth-order valence-electron chi connectivity index (χ4n) is 3.00. The van der Waals surface area contributed by atoms with E-state index >= 15 is 0 Å². The van der Waals surface area contributed by atoms with E-state index in [4.69, 9.17) is 14.3 Å². The Morgan fingerprint density at radius 1 is 1.08 bits per heavy atom. The summed E-state index contributed by atoms with van der Waals surface area (Å²) < 4.78 is 10.7. The maximum absolute atomic E-state index is 12.5. The number of nitrogens with zero attached hydrogens (tertiary/aromatic N) is 1. The van der Waals surface area contributed by atoms with E-state index in [9.17, 15) is 9.59 Å². The highest BCUT2D eigenvalue weighted by Crippen LogP contribution is 2.37. The average Bonchev–Trinajstić information content (AvgIpc) is 3.21. The molecule has 2 aromatic rings. The zero-order valence-electron chi connectivity index (χ0n) is 13.3. The molecule has 2 aliphatic heterocycles. The van der Waals surface area contributed by atoms with Crippen LogP contribution in [0, 0.1) is 0 Å². The molecule has 2 unspecified atom stereocenters. The molecule has 1 fully saturated rings. The second kappa shape index (κ2) is 6.05. The van der Waals surface area contributed by atoms with E-state index in [0.29, 0.717) is 11.3 Å². The third-order valence-electron chi connectivity index (χ3n) is 4.33. The first-order valence-corrected chi connectivity index (χ1v) is 7.95. The standard InChI is InChI=1S/C19H15NO5/c21-17(14-9-5-2-6-10-14)24-16-15(13-7-3-1-4-8-13)20-25-19(16)11-12-23-18(19)22/h1-10,16H,11-12H2. The van der Waals surface area contributed by atoms with Gasteiger partial charge >= 0.3 is 11.9 Å². The van der Waals surface area contributed by atoms with Crippen molar-refractivity contribution in [2.75, 3.05) is 6.61 Å². The number of hydrogen-bond acceptors (Lipinski definition) is 6. The number of carbonyl (C=O) groups is 2. The fraction of sp³-hybridized carbons (Fsp3) is 0.211. The van der Waals surface area contributed by atoms with Gasteiger partial charge in [0.1, 0.15) is 5.71 Å². The number of ether oxygens (including phenoxy) is 2. The summed E-state index contributed by atoms with van der Waals surface area (Å²) in [6.07, 6.45) is -0.684. The van der Waals surface area contributed by atoms with Gasteiger partial charge < -0.3 is 14.3 Å². The molecule has 0 N–H and O–H groups in total. The number of carbonyl (C=O) groups excluding carboxylic acids is 2. The van der Waals surface area contributed by atoms with Crippen LogP contribution in [0.5, 0.6) is 0 Å². The van der Waals surface area contributed by atoms with Gasteiger partial charge in [-0.1, -0.05) is 53.7 Å². The average molecular weight is 337 g/mol. The maximum Gasteiger partial charge on any atom is 0.357 e. The zero-order valence-corrected chi connectivity index (χ0v) is 13.3. The van der Waals surface area contributed by atoms with Crippen LogP contribution in [-0.4, -0.2) is 36.0 Å². The van der Waals surface area contributed by atoms with E-state index < -0.39 is 23.6 Å². The van der Waals surface area contributed by atoms with Crippen LogP contribution in [0.15, 0.2) is 65.8 Å². The predicted octanol–water partition coefficient (Wildman–Crippen LogP) is 2.33. The molecule has 6 heteroatoms. The van der Waals surface area contributed by atoms with E-state index in [1.54, 1.807) is 24.3 Å². The summed E-state index contributed by atoms with van der Waals surface area (Å²) in [4.78, 5) is 30.3. The van der Waals surface area contributed by atoms with Crippen LogP contribution >= 0.6 is 0 Å². The molecule has 4 rings (SSSR count). The molecule has 2 heterocycles. The molecule has 6 nitrogen and oxygen atoms in total. The van der Waals surface area contributed by atoms with Crippen LogP contribution in [0.1, 0.15) is 22.3 Å². The largest absolute Gasteiger partial charge is 0.462 e. The number of esters is 2. The summed E-state index contributed by atoms with van der Waals surface area (Å²) in [7, 11) is 0. The molecule has 1 spiro atoms. The van der Waals surface area contributed by atoms with Crippen molar-refractivity contribution in [3.05, 3.63) is 71.8 Å². The zero-order chi connectivity index (χ0) is 17.3. The summed E-state index contributed by atoms with van der Waals surface area (Å²) in [6.45, 7) is 0.204. The van der Waals surface area contributed by atoms with Crippen LogP contribution < -0.4 is 0 Å². The number of benzene rings is 2. The summed E-state index contributed by atoms with van der Waals surface area (Å²) in [6, 6.07) is 17.8. The van der Waals surface area contributed by atoms with E-state index in [2.05, 4.69) is 5.16 Å². The Labute approximate surface area is 144 Å². The van der Waals surface area contributed by atoms with E-state index in [1.807, 2.05) is 36.4 Å². The Hall–Kier alpha value is -3.15. The minimum Gasteiger partial charge on any atom is -0.462 e. The van der Waals surface area contributed by atoms with Gasteiger partial charge in [-0.3, -0.25) is 0 Å². The molecule has 2 atom stereocenters. The van der Waals surface area contributed by atoms with Crippen LogP contribution in [0.3, 0.4) is 0 Å². The predicted molar refractivity (Wildman–Crippen MR) is 88.0 cm³/mol. The van der Waals surface area contributed by atoms with Crippen LogP contribution in [0.4, 0.5) is 0 Å². The first kappa shape index (κ1) is 15.4. The molecule has 0 radical (unpaired) electrons. The van der Waals surface area contributed by atoms with Gasteiger partial charge in [0.25, 0.3) is 5.60 Å². The topological polar surface area (TPSA) is 74.2 Å². The molecule has 2 aliphatic rings. The lowest BCUT2D eigenvalue weighted by atomic mass is 9.89. The quantitative estimate of drug-likeness (QED) is 0.804. The lowest BCUT2D eigenvalue weighted by Crippen LogP contribution is -2.50. The Balaban J connectivity index is 1.69. The lowest BCUT2D eigenvalue weighted by molar-refractivity contribution is -0.163. The molecule has 126 valence electrons. The summed E-state index contributed by atoms with van der Waals surface area (Å²) >= 11 is 0. The van der Waals surface area contributed by atoms with Gasteiger partial charge in [-0.05, 0) is 12.1 Å². The molecule has 0 amide bonds. The molecule has 0 bridgehead atoms. The van der Waals surface area contributed by atoms with Crippen molar-refractivity contribution < 1.29 is 23.9 Å². The van der Waals surface area contributed by atoms with Crippen molar-refractivity contribution in [2.24, 2.45) is 5.16 Å². The highest BCUT2D eigenvalue weighted by Gasteiger charge is 2.61. The Morgan fingerprint density at radius 3 is 2.40 bits per heavy atom. The van der Waals surface area contributed by atoms with Gasteiger partial charge in [0, 0.05) is 12.0 Å². The van der Waals surface area contributed by atoms with E-state index in [1.165, 1.54) is 0 Å². The van der Waals surface area contributed by atoms with E-state index in [-0.39, 0.29) is 13.0 Å². The smallest absolute Gasteiger partial charge is 0.357 e. The molecule has 0 aliphatic carbocycles. The molecular weight excluding hydrogens is 322 g/mol. The SMILES string of the molecule is O=C(OC1C(c2ccccc2)=NOC12CCOC2=O)c1ccccc1. The normalized spacial score (nSPS) is 24.6. The van der Waals surface area contributed by atoms with Gasteiger partial charge in [0.05, 0.1) is 12.2 Å². The molecule has 2 aromatic carbocycles. The van der Waals surface area contributed by atoms with Crippen molar-refractivity contribution in [1.29, 1.82) is 0 Å². The number of rotatable bonds is 3. The third kappa shape index (κ3) is 2.55. The monoisotopic (exact) mass is 337 g/mol. The molecule has 0 saturated carbocycles. The summed E-state index contributed by atoms with van der Waals surface area (Å²) in [5.41, 5.74) is 0.118. The van der Waals surface area contributed by atoms with Crippen LogP contribution in [0.2, 0.25) is 0 Å². The first-order valence-electron chi connectivity index (χ1n) is 7.95. The van der Waals surface area contributed by atoms with Gasteiger partial charge in [0.15, 0.2) is 0 Å². The second-order valence-electron chi connectivity index (χ2n) is 5.86. The highest BCUT2D eigenvalue weighted by molar-refractivity contribution is 6.10. The second-order valence-corrected chi connectivity index (χ2v) is 5.86. The minimum atomic E-state index is -1.41. The molecule has 1 saturated heterocycles. The Kier molecular flexibility index (Phi) is 3.72. The first-order chi connectivity index (χ1) is 12.2. The van der Waals surface area contributed by atoms with Crippen LogP contribution in [-0.2, 0) is 19.1 Å². The van der Waals surface area contributed by atoms with Crippen molar-refractivity contribution in [3.8, 4) is 0 Å². The highest BCUT2D eigenvalue weighted by atomic mass is 16.7. The fourth-order valence-corrected chi connectivity index (χ4v) is 3.00. The van der Waals surface area contributed by atoms with Gasteiger partial charge in [-0.2, -0.15) is 0 Å². The molecule has 0 aromatic heterocycles. The van der Waals surface area contributed by atoms with Crippen molar-refractivity contribution in [1.82, 2.24) is 0 Å². The van der Waals surface area contributed by atoms with Gasteiger partial charge in [-0.25, -0.2) is 9.59 Å². The van der Waals surface area contributed by atoms with Crippen molar-refractivity contribution in [3.63, 3.8) is 0 Å². The maximum atomic E-state index is 12.5. The molecule has 25 heavy (non-hydrogen) atoms. The summed E-state index contributed by atoms with van der Waals surface area (Å²) in [5, 5.41) is 4.06. The Bertz CT molecular complexity index is 833. The molecular formula is C19H15NO5. The van der Waals surface area contributed by atoms with E-state index in [0.717, 1.165) is 5.56 Å². The van der Waals surface area contributed by atoms with Gasteiger partial charge in [0.2, 0.25) is 6.10 Å². The van der Waals surface area contributed by atoms with Crippen molar-refractivity contribution in [2.45, 2.75) is 18.1 Å². The third-order valence-corrected chi connectivity index (χ3v) is 4.33. The lowest BCUT2D eigenvalue weighted by Gasteiger charge is -2.24. The van der Waals surface area contributed by atoms with Crippen LogP contribution in [0.25, 0.3) is 0 Å². The number of hydrogen-bond donors (Lipinski definition) is 0. The summed E-state index contributed by atoms with van der Waals surface area (Å²) in [5.74, 6) is -1.10. The van der Waals surface area contributed by atoms with Gasteiger partial charge in [-0.15, -0.1) is 0 Å². The minimum absolute atomic E-state index is 0.204. The Morgan fingerprint density at radius 2 is 1.76 bits per heavy atom. The number of oxime groups is 1. The number of cyclic esters (lactones) is 1.